The van der Waals surface area contributed by atoms with E-state index in [0.29, 0.717) is 18.4 Å². The fraction of sp³-hybridized carbons (Fsp3) is 0.933. The van der Waals surface area contributed by atoms with E-state index in [-0.39, 0.29) is 0 Å². The van der Waals surface area contributed by atoms with Gasteiger partial charge < -0.3 is 20.0 Å². The number of piperidine rings is 1. The Kier molecular flexibility index (Phi) is 8.11. The smallest absolute Gasteiger partial charge is 0.222 e. The molecule has 0 aromatic heterocycles. The first-order valence-electron chi connectivity index (χ1n) is 7.82. The lowest BCUT2D eigenvalue weighted by molar-refractivity contribution is -0.134. The van der Waals surface area contributed by atoms with Crippen molar-refractivity contribution in [3.8, 4) is 0 Å². The van der Waals surface area contributed by atoms with Gasteiger partial charge in [-0.3, -0.25) is 4.79 Å². The second-order valence-electron chi connectivity index (χ2n) is 6.13. The highest BCUT2D eigenvalue weighted by molar-refractivity contribution is 5.76. The number of hydrogen-bond donors (Lipinski definition) is 1. The first kappa shape index (κ1) is 17.4. The van der Waals surface area contributed by atoms with Gasteiger partial charge in [0.25, 0.3) is 0 Å². The van der Waals surface area contributed by atoms with E-state index < -0.39 is 0 Å². The Bertz CT molecular complexity index is 275. The van der Waals surface area contributed by atoms with Crippen LogP contribution in [0.3, 0.4) is 0 Å². The van der Waals surface area contributed by atoms with Crippen LogP contribution in [0.4, 0.5) is 0 Å². The maximum atomic E-state index is 12.5. The minimum atomic E-state index is 0.330. The summed E-state index contributed by atoms with van der Waals surface area (Å²) in [7, 11) is 8.23. The Hall–Kier alpha value is -0.650. The highest BCUT2D eigenvalue weighted by atomic mass is 16.2. The fourth-order valence-corrected chi connectivity index (χ4v) is 2.69. The summed E-state index contributed by atoms with van der Waals surface area (Å²) in [6.45, 7) is 4.93. The van der Waals surface area contributed by atoms with Gasteiger partial charge in [0.05, 0.1) is 0 Å². The van der Waals surface area contributed by atoms with Crippen molar-refractivity contribution < 1.29 is 4.79 Å². The third-order valence-electron chi connectivity index (χ3n) is 4.05. The molecule has 20 heavy (non-hydrogen) atoms. The molecule has 0 unspecified atom stereocenters. The van der Waals surface area contributed by atoms with Crippen molar-refractivity contribution in [2.75, 3.05) is 60.9 Å². The number of likely N-dealkylation sites (tertiary alicyclic amines) is 1. The zero-order chi connectivity index (χ0) is 15.0. The minimum absolute atomic E-state index is 0.330. The summed E-state index contributed by atoms with van der Waals surface area (Å²) in [5, 5.41) is 3.11. The maximum absolute atomic E-state index is 12.5. The van der Waals surface area contributed by atoms with Crippen molar-refractivity contribution in [2.24, 2.45) is 0 Å². The molecule has 0 bridgehead atoms. The van der Waals surface area contributed by atoms with E-state index >= 15 is 0 Å². The van der Waals surface area contributed by atoms with Crippen LogP contribution in [0, 0.1) is 0 Å². The van der Waals surface area contributed by atoms with Gasteiger partial charge >= 0.3 is 0 Å². The first-order chi connectivity index (χ1) is 9.54. The molecule has 1 saturated heterocycles. The Morgan fingerprint density at radius 3 is 2.45 bits per heavy atom. The average molecular weight is 284 g/mol. The van der Waals surface area contributed by atoms with E-state index in [1.807, 2.05) is 7.05 Å². The molecule has 1 heterocycles. The third kappa shape index (κ3) is 6.20. The zero-order valence-electron chi connectivity index (χ0n) is 13.7. The summed E-state index contributed by atoms with van der Waals surface area (Å²) in [4.78, 5) is 19.1. The zero-order valence-corrected chi connectivity index (χ0v) is 13.7. The summed E-state index contributed by atoms with van der Waals surface area (Å²) in [5.41, 5.74) is 0. The molecular formula is C15H32N4O. The molecule has 0 aromatic rings. The number of rotatable bonds is 8. The van der Waals surface area contributed by atoms with Gasteiger partial charge in [0.2, 0.25) is 5.91 Å². The van der Waals surface area contributed by atoms with Crippen LogP contribution in [0.2, 0.25) is 0 Å². The normalized spacial score (nSPS) is 17.6. The van der Waals surface area contributed by atoms with Crippen LogP contribution in [-0.2, 0) is 4.79 Å². The quantitative estimate of drug-likeness (QED) is 0.658. The van der Waals surface area contributed by atoms with Crippen molar-refractivity contribution in [3.05, 3.63) is 0 Å². The molecular weight excluding hydrogens is 252 g/mol. The molecule has 5 nitrogen and oxygen atoms in total. The van der Waals surface area contributed by atoms with Crippen LogP contribution in [-0.4, -0.2) is 87.6 Å². The Labute approximate surface area is 124 Å². The van der Waals surface area contributed by atoms with Crippen LogP contribution in [0.25, 0.3) is 0 Å². The molecule has 1 aliphatic heterocycles. The van der Waals surface area contributed by atoms with Crippen molar-refractivity contribution in [1.29, 1.82) is 0 Å². The Morgan fingerprint density at radius 1 is 1.25 bits per heavy atom. The summed E-state index contributed by atoms with van der Waals surface area (Å²) < 4.78 is 0. The topological polar surface area (TPSA) is 38.8 Å². The molecule has 1 N–H and O–H groups in total. The number of nitrogens with zero attached hydrogens (tertiary/aromatic N) is 3. The molecule has 0 aliphatic carbocycles. The Balaban J connectivity index is 2.52. The highest BCUT2D eigenvalue weighted by Gasteiger charge is 2.26. The second kappa shape index (κ2) is 9.32. The van der Waals surface area contributed by atoms with Crippen LogP contribution >= 0.6 is 0 Å². The van der Waals surface area contributed by atoms with Crippen LogP contribution in [0.5, 0.6) is 0 Å². The van der Waals surface area contributed by atoms with Crippen LogP contribution in [0.1, 0.15) is 25.7 Å². The van der Waals surface area contributed by atoms with Gasteiger partial charge in [0.15, 0.2) is 0 Å². The molecule has 0 aromatic carbocycles. The third-order valence-corrected chi connectivity index (χ3v) is 4.05. The van der Waals surface area contributed by atoms with E-state index in [1.54, 1.807) is 0 Å². The minimum Gasteiger partial charge on any atom is -0.338 e. The van der Waals surface area contributed by atoms with Gasteiger partial charge in [0, 0.05) is 25.6 Å². The molecule has 1 rings (SSSR count). The standard InChI is InChI=1S/C15H32N4O/c1-16-9-5-6-15(20)19(13-12-17(2)3)14-7-10-18(4)11-8-14/h14,16H,5-13H2,1-4H3. The van der Waals surface area contributed by atoms with Gasteiger partial charge in [0.1, 0.15) is 0 Å². The van der Waals surface area contributed by atoms with Crippen molar-refractivity contribution >= 4 is 5.91 Å². The molecule has 0 saturated carbocycles. The van der Waals surface area contributed by atoms with E-state index in [2.05, 4.69) is 41.2 Å². The monoisotopic (exact) mass is 284 g/mol. The first-order valence-corrected chi connectivity index (χ1v) is 7.82. The Morgan fingerprint density at radius 2 is 1.90 bits per heavy atom. The van der Waals surface area contributed by atoms with Crippen molar-refractivity contribution in [1.82, 2.24) is 20.0 Å². The molecule has 0 atom stereocenters. The van der Waals surface area contributed by atoms with Gasteiger partial charge in [-0.1, -0.05) is 0 Å². The predicted octanol–water partition coefficient (Wildman–Crippen LogP) is 0.470. The number of carbonyl (C=O) groups excluding carboxylic acids is 1. The summed E-state index contributed by atoms with van der Waals surface area (Å²) in [6.07, 6.45) is 3.82. The summed E-state index contributed by atoms with van der Waals surface area (Å²) >= 11 is 0. The van der Waals surface area contributed by atoms with Gasteiger partial charge in [-0.05, 0) is 67.1 Å². The fourth-order valence-electron chi connectivity index (χ4n) is 2.69. The van der Waals surface area contributed by atoms with Crippen molar-refractivity contribution in [3.63, 3.8) is 0 Å². The van der Waals surface area contributed by atoms with Gasteiger partial charge in [-0.2, -0.15) is 0 Å². The van der Waals surface area contributed by atoms with E-state index in [9.17, 15) is 4.79 Å². The molecule has 118 valence electrons. The average Bonchev–Trinajstić information content (AvgIpc) is 2.41. The van der Waals surface area contributed by atoms with E-state index in [4.69, 9.17) is 0 Å². The number of likely N-dealkylation sites (N-methyl/N-ethyl adjacent to an activating group) is 1. The van der Waals surface area contributed by atoms with Gasteiger partial charge in [-0.15, -0.1) is 0 Å². The lowest BCUT2D eigenvalue weighted by Gasteiger charge is -2.38. The molecule has 0 radical (unpaired) electrons. The lowest BCUT2D eigenvalue weighted by Crippen LogP contribution is -2.48. The maximum Gasteiger partial charge on any atom is 0.222 e. The molecule has 1 amide bonds. The number of amides is 1. The predicted molar refractivity (Wildman–Crippen MR) is 83.9 cm³/mol. The molecule has 5 heteroatoms. The molecule has 1 fully saturated rings. The number of hydrogen-bond acceptors (Lipinski definition) is 4. The number of nitrogens with one attached hydrogen (secondary N) is 1. The molecule has 0 spiro atoms. The van der Waals surface area contributed by atoms with Crippen LogP contribution in [0.15, 0.2) is 0 Å². The summed E-state index contributed by atoms with van der Waals surface area (Å²) in [6, 6.07) is 0.438. The molecule has 1 aliphatic rings. The lowest BCUT2D eigenvalue weighted by atomic mass is 10.0. The number of carbonyl (C=O) groups is 1. The summed E-state index contributed by atoms with van der Waals surface area (Å²) in [5.74, 6) is 0.330. The largest absolute Gasteiger partial charge is 0.338 e. The highest BCUT2D eigenvalue weighted by Crippen LogP contribution is 2.17. The van der Waals surface area contributed by atoms with Crippen molar-refractivity contribution in [2.45, 2.75) is 31.7 Å². The SMILES string of the molecule is CNCCCC(=O)N(CCN(C)C)C1CCN(C)CC1. The van der Waals surface area contributed by atoms with E-state index in [0.717, 1.165) is 52.0 Å². The van der Waals surface area contributed by atoms with Crippen LogP contribution < -0.4 is 5.32 Å². The van der Waals surface area contributed by atoms with E-state index in [1.165, 1.54) is 0 Å². The second-order valence-corrected chi connectivity index (χ2v) is 6.13. The van der Waals surface area contributed by atoms with Gasteiger partial charge in [-0.25, -0.2) is 0 Å².